The Kier molecular flexibility index (Phi) is 6.47. The number of hydrogen-bond acceptors (Lipinski definition) is 6. The molecule has 1 aromatic rings. The van der Waals surface area contributed by atoms with Crippen molar-refractivity contribution in [3.05, 3.63) is 35.9 Å². The van der Waals surface area contributed by atoms with E-state index >= 15 is 0 Å². The van der Waals surface area contributed by atoms with E-state index in [4.69, 9.17) is 14.2 Å². The van der Waals surface area contributed by atoms with Gasteiger partial charge in [0, 0.05) is 45.6 Å². The number of carbonyl (C=O) groups excluding carboxylic acids is 1. The van der Waals surface area contributed by atoms with Gasteiger partial charge >= 0.3 is 6.09 Å². The van der Waals surface area contributed by atoms with Crippen molar-refractivity contribution < 1.29 is 19.0 Å². The van der Waals surface area contributed by atoms with E-state index in [1.165, 1.54) is 12.8 Å². The van der Waals surface area contributed by atoms with Gasteiger partial charge in [-0.25, -0.2) is 9.80 Å². The molecule has 1 saturated carbocycles. The molecule has 0 aromatic heterocycles. The maximum Gasteiger partial charge on any atom is 0.422 e. The van der Waals surface area contributed by atoms with Crippen molar-refractivity contribution in [1.29, 1.82) is 0 Å². The number of nitrogens with one attached hydrogen (secondary N) is 1. The van der Waals surface area contributed by atoms with Crippen LogP contribution >= 0.6 is 0 Å². The fourth-order valence-electron chi connectivity index (χ4n) is 4.38. The lowest BCUT2D eigenvalue weighted by atomic mass is 9.84. The van der Waals surface area contributed by atoms with Crippen molar-refractivity contribution in [2.75, 3.05) is 45.9 Å². The van der Waals surface area contributed by atoms with E-state index in [1.807, 2.05) is 35.3 Å². The van der Waals surface area contributed by atoms with Crippen LogP contribution in [-0.4, -0.2) is 67.7 Å². The Labute approximate surface area is 166 Å². The molecule has 1 amide bonds. The van der Waals surface area contributed by atoms with Gasteiger partial charge in [-0.2, -0.15) is 0 Å². The predicted octanol–water partition coefficient (Wildman–Crippen LogP) is 2.38. The molecule has 0 atom stereocenters. The summed E-state index contributed by atoms with van der Waals surface area (Å²) in [7, 11) is 0. The molecule has 2 heterocycles. The van der Waals surface area contributed by atoms with Crippen LogP contribution in [0.2, 0.25) is 0 Å². The number of carbonyl (C=O) groups is 1. The Morgan fingerprint density at radius 3 is 2.43 bits per heavy atom. The van der Waals surface area contributed by atoms with E-state index in [-0.39, 0.29) is 11.9 Å². The van der Waals surface area contributed by atoms with Gasteiger partial charge in [0.25, 0.3) is 0 Å². The van der Waals surface area contributed by atoms with Gasteiger partial charge in [-0.3, -0.25) is 5.43 Å². The first-order valence-electron chi connectivity index (χ1n) is 10.4. The Morgan fingerprint density at radius 1 is 1.07 bits per heavy atom. The van der Waals surface area contributed by atoms with Crippen LogP contribution in [0.25, 0.3) is 0 Å². The van der Waals surface area contributed by atoms with Crippen LogP contribution in [0.5, 0.6) is 0 Å². The van der Waals surface area contributed by atoms with Crippen LogP contribution in [-0.2, 0) is 20.8 Å². The lowest BCUT2D eigenvalue weighted by Gasteiger charge is -2.39. The molecule has 2 aliphatic heterocycles. The third-order valence-electron chi connectivity index (χ3n) is 6.03. The molecular weight excluding hydrogens is 358 g/mol. The van der Waals surface area contributed by atoms with E-state index in [2.05, 4.69) is 10.3 Å². The van der Waals surface area contributed by atoms with Gasteiger partial charge in [-0.15, -0.1) is 0 Å². The summed E-state index contributed by atoms with van der Waals surface area (Å²) in [5, 5.41) is 1.96. The SMILES string of the molecule is O=C(NN1CCN(CC2CCC3(CC2)OCCO3)CC1)OCc1ccccc1. The third-order valence-corrected chi connectivity index (χ3v) is 6.03. The highest BCUT2D eigenvalue weighted by atomic mass is 16.7. The molecule has 0 unspecified atom stereocenters. The highest BCUT2D eigenvalue weighted by molar-refractivity contribution is 5.66. The van der Waals surface area contributed by atoms with Crippen LogP contribution in [0.15, 0.2) is 30.3 Å². The molecule has 3 fully saturated rings. The van der Waals surface area contributed by atoms with Gasteiger partial charge in [0.15, 0.2) is 5.79 Å². The van der Waals surface area contributed by atoms with Crippen molar-refractivity contribution in [2.24, 2.45) is 5.92 Å². The maximum absolute atomic E-state index is 12.0. The Hall–Kier alpha value is -1.67. The minimum atomic E-state index is -0.383. The van der Waals surface area contributed by atoms with Crippen molar-refractivity contribution in [3.63, 3.8) is 0 Å². The number of ether oxygens (including phenoxy) is 3. The van der Waals surface area contributed by atoms with Crippen LogP contribution in [0.4, 0.5) is 4.79 Å². The topological polar surface area (TPSA) is 63.3 Å². The molecule has 7 nitrogen and oxygen atoms in total. The summed E-state index contributed by atoms with van der Waals surface area (Å²) in [6.07, 6.45) is 4.00. The number of amides is 1. The van der Waals surface area contributed by atoms with E-state index in [1.54, 1.807) is 0 Å². The molecule has 4 rings (SSSR count). The number of benzene rings is 1. The Morgan fingerprint density at radius 2 is 1.75 bits per heavy atom. The minimum Gasteiger partial charge on any atom is -0.444 e. The average molecular weight is 389 g/mol. The molecule has 28 heavy (non-hydrogen) atoms. The van der Waals surface area contributed by atoms with Crippen molar-refractivity contribution in [1.82, 2.24) is 15.3 Å². The lowest BCUT2D eigenvalue weighted by molar-refractivity contribution is -0.183. The van der Waals surface area contributed by atoms with Gasteiger partial charge in [0.1, 0.15) is 6.61 Å². The molecule has 7 heteroatoms. The monoisotopic (exact) mass is 389 g/mol. The fourth-order valence-corrected chi connectivity index (χ4v) is 4.38. The second kappa shape index (κ2) is 9.22. The van der Waals surface area contributed by atoms with Crippen LogP contribution in [0.3, 0.4) is 0 Å². The first-order chi connectivity index (χ1) is 13.7. The highest BCUT2D eigenvalue weighted by Crippen LogP contribution is 2.38. The molecule has 154 valence electrons. The van der Waals surface area contributed by atoms with Gasteiger partial charge in [-0.1, -0.05) is 30.3 Å². The molecule has 2 saturated heterocycles. The lowest BCUT2D eigenvalue weighted by Crippen LogP contribution is -2.54. The number of nitrogens with zero attached hydrogens (tertiary/aromatic N) is 2. The van der Waals surface area contributed by atoms with Gasteiger partial charge in [0.05, 0.1) is 13.2 Å². The molecule has 0 radical (unpaired) electrons. The zero-order chi connectivity index (χ0) is 19.2. The number of rotatable bonds is 5. The van der Waals surface area contributed by atoms with Crippen molar-refractivity contribution in [3.8, 4) is 0 Å². The quantitative estimate of drug-likeness (QED) is 0.834. The van der Waals surface area contributed by atoms with E-state index < -0.39 is 0 Å². The van der Waals surface area contributed by atoms with E-state index in [0.717, 1.165) is 64.3 Å². The average Bonchev–Trinajstić information content (AvgIpc) is 3.19. The third kappa shape index (κ3) is 5.23. The zero-order valence-corrected chi connectivity index (χ0v) is 16.5. The second-order valence-electron chi connectivity index (χ2n) is 8.01. The largest absolute Gasteiger partial charge is 0.444 e. The number of piperazine rings is 1. The Balaban J connectivity index is 1.12. The van der Waals surface area contributed by atoms with Gasteiger partial charge in [0.2, 0.25) is 0 Å². The molecule has 1 aromatic carbocycles. The minimum absolute atomic E-state index is 0.265. The summed E-state index contributed by atoms with van der Waals surface area (Å²) >= 11 is 0. The fraction of sp³-hybridized carbons (Fsp3) is 0.667. The standard InChI is InChI=1S/C21H31N3O4/c25-20(26-17-19-4-2-1-3-5-19)22-24-12-10-23(11-13-24)16-18-6-8-21(9-7-18)27-14-15-28-21/h1-5,18H,6-17H2,(H,22,25). The van der Waals surface area contributed by atoms with E-state index in [9.17, 15) is 4.79 Å². The van der Waals surface area contributed by atoms with Crippen molar-refractivity contribution in [2.45, 2.75) is 38.1 Å². The smallest absolute Gasteiger partial charge is 0.422 e. The van der Waals surface area contributed by atoms with Crippen LogP contribution in [0.1, 0.15) is 31.2 Å². The summed E-state index contributed by atoms with van der Waals surface area (Å²) in [5.41, 5.74) is 3.85. The summed E-state index contributed by atoms with van der Waals surface area (Å²) in [5.74, 6) is 0.452. The van der Waals surface area contributed by atoms with Gasteiger partial charge < -0.3 is 19.1 Å². The van der Waals surface area contributed by atoms with Crippen molar-refractivity contribution >= 4 is 6.09 Å². The molecule has 1 aliphatic carbocycles. The highest BCUT2D eigenvalue weighted by Gasteiger charge is 2.40. The number of hydrazine groups is 1. The maximum atomic E-state index is 12.0. The predicted molar refractivity (Wildman–Crippen MR) is 104 cm³/mol. The normalized spacial score (nSPS) is 23.7. The molecule has 1 spiro atoms. The first-order valence-corrected chi connectivity index (χ1v) is 10.4. The first kappa shape index (κ1) is 19.6. The van der Waals surface area contributed by atoms with Gasteiger partial charge in [-0.05, 0) is 24.3 Å². The second-order valence-corrected chi connectivity index (χ2v) is 8.01. The zero-order valence-electron chi connectivity index (χ0n) is 16.5. The molecular formula is C21H31N3O4. The number of hydrogen-bond donors (Lipinski definition) is 1. The van der Waals surface area contributed by atoms with Crippen LogP contribution in [0, 0.1) is 5.92 Å². The van der Waals surface area contributed by atoms with Crippen LogP contribution < -0.4 is 5.43 Å². The Bertz CT molecular complexity index is 618. The molecule has 3 aliphatic rings. The summed E-state index contributed by atoms with van der Waals surface area (Å²) in [6, 6.07) is 9.73. The summed E-state index contributed by atoms with van der Waals surface area (Å²) in [4.78, 5) is 14.5. The molecule has 0 bridgehead atoms. The summed E-state index contributed by atoms with van der Waals surface area (Å²) < 4.78 is 16.9. The summed E-state index contributed by atoms with van der Waals surface area (Å²) in [6.45, 7) is 6.49. The van der Waals surface area contributed by atoms with E-state index in [0.29, 0.717) is 12.5 Å². The molecule has 1 N–H and O–H groups in total.